The molecule has 0 saturated carbocycles. The van der Waals surface area contributed by atoms with Crippen LogP contribution >= 0.6 is 34.8 Å². The number of aromatic nitrogens is 2. The van der Waals surface area contributed by atoms with Crippen molar-refractivity contribution >= 4 is 34.8 Å². The van der Waals surface area contributed by atoms with Gasteiger partial charge in [-0.1, -0.05) is 29.3 Å². The molecule has 0 bridgehead atoms. The lowest BCUT2D eigenvalue weighted by Crippen LogP contribution is -1.88. The molecule has 1 heterocycles. The van der Waals surface area contributed by atoms with Gasteiger partial charge in [-0.05, 0) is 12.1 Å². The molecular formula is C11H9Cl3N2. The lowest BCUT2D eigenvalue weighted by Gasteiger charge is -2.01. The van der Waals surface area contributed by atoms with Crippen molar-refractivity contribution in [3.8, 4) is 11.3 Å². The summed E-state index contributed by atoms with van der Waals surface area (Å²) in [4.78, 5) is 0. The first kappa shape index (κ1) is 11.8. The molecule has 0 saturated heterocycles. The summed E-state index contributed by atoms with van der Waals surface area (Å²) in [5.74, 6) is 0.420. The van der Waals surface area contributed by atoms with E-state index in [1.54, 1.807) is 16.8 Å². The van der Waals surface area contributed by atoms with Gasteiger partial charge in [0.25, 0.3) is 0 Å². The highest BCUT2D eigenvalue weighted by molar-refractivity contribution is 6.42. The lowest BCUT2D eigenvalue weighted by molar-refractivity contribution is 0.770. The van der Waals surface area contributed by atoms with Crippen LogP contribution in [-0.2, 0) is 12.9 Å². The van der Waals surface area contributed by atoms with E-state index in [4.69, 9.17) is 34.8 Å². The Balaban J connectivity index is 2.53. The molecule has 84 valence electrons. The van der Waals surface area contributed by atoms with E-state index < -0.39 is 0 Å². The Labute approximate surface area is 109 Å². The third kappa shape index (κ3) is 2.19. The van der Waals surface area contributed by atoms with E-state index in [-0.39, 0.29) is 0 Å². The van der Waals surface area contributed by atoms with Crippen LogP contribution in [0.4, 0.5) is 0 Å². The molecule has 0 aliphatic carbocycles. The van der Waals surface area contributed by atoms with Crippen molar-refractivity contribution < 1.29 is 0 Å². The van der Waals surface area contributed by atoms with Crippen LogP contribution in [0.2, 0.25) is 10.0 Å². The van der Waals surface area contributed by atoms with Crippen molar-refractivity contribution in [2.45, 2.75) is 5.88 Å². The molecule has 16 heavy (non-hydrogen) atoms. The highest BCUT2D eigenvalue weighted by Crippen LogP contribution is 2.29. The van der Waals surface area contributed by atoms with Gasteiger partial charge in [0.05, 0.1) is 21.6 Å². The van der Waals surface area contributed by atoms with Crippen LogP contribution in [0.15, 0.2) is 24.4 Å². The molecule has 1 aromatic carbocycles. The van der Waals surface area contributed by atoms with Crippen molar-refractivity contribution in [1.29, 1.82) is 0 Å². The predicted octanol–water partition coefficient (Wildman–Crippen LogP) is 4.13. The molecule has 1 aromatic heterocycles. The Bertz CT molecular complexity index is 520. The van der Waals surface area contributed by atoms with Gasteiger partial charge in [0.15, 0.2) is 0 Å². The van der Waals surface area contributed by atoms with E-state index in [2.05, 4.69) is 5.10 Å². The molecule has 0 aliphatic rings. The Hall–Kier alpha value is -0.700. The molecule has 0 unspecified atom stereocenters. The SMILES string of the molecule is Cn1cc(CCl)c(-c2ccc(Cl)c(Cl)c2)n1. The van der Waals surface area contributed by atoms with E-state index in [0.717, 1.165) is 16.8 Å². The lowest BCUT2D eigenvalue weighted by atomic mass is 10.1. The van der Waals surface area contributed by atoms with Gasteiger partial charge in [0.1, 0.15) is 0 Å². The fraction of sp³-hybridized carbons (Fsp3) is 0.182. The number of nitrogens with zero attached hydrogens (tertiary/aromatic N) is 2. The van der Waals surface area contributed by atoms with Crippen molar-refractivity contribution in [3.63, 3.8) is 0 Å². The Kier molecular flexibility index (Phi) is 3.43. The Morgan fingerprint density at radius 3 is 2.62 bits per heavy atom. The minimum Gasteiger partial charge on any atom is -0.275 e. The first-order valence-electron chi connectivity index (χ1n) is 4.65. The fourth-order valence-corrected chi connectivity index (χ4v) is 2.02. The zero-order valence-electron chi connectivity index (χ0n) is 8.54. The van der Waals surface area contributed by atoms with Crippen LogP contribution in [0.25, 0.3) is 11.3 Å². The number of hydrogen-bond donors (Lipinski definition) is 0. The molecule has 0 fully saturated rings. The first-order chi connectivity index (χ1) is 7.61. The number of rotatable bonds is 2. The molecule has 0 amide bonds. The number of halogens is 3. The molecule has 0 N–H and O–H groups in total. The Morgan fingerprint density at radius 2 is 2.00 bits per heavy atom. The van der Waals surface area contributed by atoms with Gasteiger partial charge in [-0.3, -0.25) is 4.68 Å². The maximum Gasteiger partial charge on any atom is 0.0967 e. The van der Waals surface area contributed by atoms with Crippen LogP contribution in [0, 0.1) is 0 Å². The van der Waals surface area contributed by atoms with Gasteiger partial charge in [-0.15, -0.1) is 11.6 Å². The summed E-state index contributed by atoms with van der Waals surface area (Å²) in [7, 11) is 1.86. The summed E-state index contributed by atoms with van der Waals surface area (Å²) >= 11 is 17.7. The summed E-state index contributed by atoms with van der Waals surface area (Å²) in [5.41, 5.74) is 2.74. The smallest absolute Gasteiger partial charge is 0.0967 e. The van der Waals surface area contributed by atoms with Crippen LogP contribution < -0.4 is 0 Å². The molecule has 0 aliphatic heterocycles. The second-order valence-corrected chi connectivity index (χ2v) is 4.52. The van der Waals surface area contributed by atoms with Gasteiger partial charge in [-0.2, -0.15) is 5.10 Å². The number of benzene rings is 1. The average Bonchev–Trinajstić information content (AvgIpc) is 2.63. The monoisotopic (exact) mass is 274 g/mol. The number of aryl methyl sites for hydroxylation is 1. The summed E-state index contributed by atoms with van der Waals surface area (Å²) in [6.45, 7) is 0. The molecule has 2 nitrogen and oxygen atoms in total. The van der Waals surface area contributed by atoms with E-state index in [1.165, 1.54) is 0 Å². The van der Waals surface area contributed by atoms with Crippen LogP contribution in [0.1, 0.15) is 5.56 Å². The highest BCUT2D eigenvalue weighted by Gasteiger charge is 2.10. The zero-order valence-corrected chi connectivity index (χ0v) is 10.8. The van der Waals surface area contributed by atoms with Crippen LogP contribution in [0.5, 0.6) is 0 Å². The second-order valence-electron chi connectivity index (χ2n) is 3.44. The zero-order chi connectivity index (χ0) is 11.7. The maximum atomic E-state index is 5.97. The van der Waals surface area contributed by atoms with Gasteiger partial charge in [0, 0.05) is 24.4 Å². The predicted molar refractivity (Wildman–Crippen MR) is 68.2 cm³/mol. The van der Waals surface area contributed by atoms with E-state index >= 15 is 0 Å². The normalized spacial score (nSPS) is 10.8. The highest BCUT2D eigenvalue weighted by atomic mass is 35.5. The third-order valence-corrected chi connectivity index (χ3v) is 3.27. The molecule has 0 atom stereocenters. The van der Waals surface area contributed by atoms with E-state index in [0.29, 0.717) is 15.9 Å². The molecule has 5 heteroatoms. The summed E-state index contributed by atoms with van der Waals surface area (Å²) in [5, 5.41) is 5.41. The molecule has 2 rings (SSSR count). The van der Waals surface area contributed by atoms with E-state index in [9.17, 15) is 0 Å². The van der Waals surface area contributed by atoms with Gasteiger partial charge >= 0.3 is 0 Å². The topological polar surface area (TPSA) is 17.8 Å². The van der Waals surface area contributed by atoms with Crippen molar-refractivity contribution in [2.24, 2.45) is 7.05 Å². The van der Waals surface area contributed by atoms with E-state index in [1.807, 2.05) is 19.3 Å². The van der Waals surface area contributed by atoms with Gasteiger partial charge in [-0.25, -0.2) is 0 Å². The first-order valence-corrected chi connectivity index (χ1v) is 5.94. The summed E-state index contributed by atoms with van der Waals surface area (Å²) in [6, 6.07) is 5.43. The molecule has 0 spiro atoms. The minimum absolute atomic E-state index is 0.420. The average molecular weight is 276 g/mol. The molecule has 2 aromatic rings. The number of hydrogen-bond acceptors (Lipinski definition) is 1. The third-order valence-electron chi connectivity index (χ3n) is 2.24. The van der Waals surface area contributed by atoms with Crippen molar-refractivity contribution in [1.82, 2.24) is 9.78 Å². The largest absolute Gasteiger partial charge is 0.275 e. The molecule has 0 radical (unpaired) electrons. The minimum atomic E-state index is 0.420. The van der Waals surface area contributed by atoms with Gasteiger partial charge < -0.3 is 0 Å². The maximum absolute atomic E-state index is 5.97. The van der Waals surface area contributed by atoms with Crippen LogP contribution in [0.3, 0.4) is 0 Å². The van der Waals surface area contributed by atoms with Crippen LogP contribution in [-0.4, -0.2) is 9.78 Å². The standard InChI is InChI=1S/C11H9Cl3N2/c1-16-6-8(5-12)11(15-16)7-2-3-9(13)10(14)4-7/h2-4,6H,5H2,1H3. The van der Waals surface area contributed by atoms with Crippen molar-refractivity contribution in [3.05, 3.63) is 40.0 Å². The Morgan fingerprint density at radius 1 is 1.25 bits per heavy atom. The number of alkyl halides is 1. The van der Waals surface area contributed by atoms with Crippen molar-refractivity contribution in [2.75, 3.05) is 0 Å². The van der Waals surface area contributed by atoms with Gasteiger partial charge in [0.2, 0.25) is 0 Å². The fourth-order valence-electron chi connectivity index (χ4n) is 1.52. The molecular weight excluding hydrogens is 266 g/mol. The summed E-state index contributed by atoms with van der Waals surface area (Å²) in [6.07, 6.45) is 1.89. The summed E-state index contributed by atoms with van der Waals surface area (Å²) < 4.78 is 1.73. The quantitative estimate of drug-likeness (QED) is 0.754. The second kappa shape index (κ2) is 4.66.